The van der Waals surface area contributed by atoms with Gasteiger partial charge in [-0.3, -0.25) is 4.79 Å². The van der Waals surface area contributed by atoms with Crippen molar-refractivity contribution in [3.63, 3.8) is 0 Å². The normalized spacial score (nSPS) is 11.7. The molecule has 6 nitrogen and oxygen atoms in total. The van der Waals surface area contributed by atoms with Crippen LogP contribution >= 0.6 is 11.3 Å². The fourth-order valence-electron chi connectivity index (χ4n) is 1.27. The minimum atomic E-state index is -3.81. The van der Waals surface area contributed by atoms with Gasteiger partial charge in [-0.1, -0.05) is 6.92 Å². The first-order chi connectivity index (χ1) is 8.40. The van der Waals surface area contributed by atoms with Crippen LogP contribution in [-0.2, 0) is 14.8 Å². The lowest BCUT2D eigenvalue weighted by atomic mass is 10.3. The maximum atomic E-state index is 11.2. The largest absolute Gasteiger partial charge is 0.426 e. The molecule has 0 unspecified atom stereocenters. The van der Waals surface area contributed by atoms with E-state index in [1.54, 1.807) is 19.1 Å². The minimum Gasteiger partial charge on any atom is -0.426 e. The van der Waals surface area contributed by atoms with Gasteiger partial charge in [-0.25, -0.2) is 18.5 Å². The molecule has 0 aliphatic heterocycles. The number of hydrogen-bond acceptors (Lipinski definition) is 6. The van der Waals surface area contributed by atoms with E-state index in [2.05, 4.69) is 4.98 Å². The first-order valence-electron chi connectivity index (χ1n) is 5.04. The third-order valence-electron chi connectivity index (χ3n) is 2.10. The summed E-state index contributed by atoms with van der Waals surface area (Å²) >= 11 is 0.973. The number of nitrogens with zero attached hydrogens (tertiary/aromatic N) is 1. The van der Waals surface area contributed by atoms with Crippen molar-refractivity contribution in [2.45, 2.75) is 17.7 Å². The zero-order chi connectivity index (χ0) is 13.3. The molecule has 2 aromatic rings. The van der Waals surface area contributed by atoms with Gasteiger partial charge < -0.3 is 4.74 Å². The molecule has 0 bridgehead atoms. The third-order valence-corrected chi connectivity index (χ3v) is 4.46. The van der Waals surface area contributed by atoms with E-state index in [4.69, 9.17) is 9.88 Å². The number of aromatic nitrogens is 1. The van der Waals surface area contributed by atoms with Crippen LogP contribution in [0.5, 0.6) is 5.75 Å². The number of hydrogen-bond donors (Lipinski definition) is 1. The third kappa shape index (κ3) is 2.66. The summed E-state index contributed by atoms with van der Waals surface area (Å²) in [6.45, 7) is 1.68. The number of rotatable bonds is 3. The van der Waals surface area contributed by atoms with Crippen molar-refractivity contribution in [2.24, 2.45) is 5.14 Å². The Balaban J connectivity index is 2.43. The summed E-state index contributed by atoms with van der Waals surface area (Å²) in [5, 5.41) is 5.00. The lowest BCUT2D eigenvalue weighted by Crippen LogP contribution is -2.11. The van der Waals surface area contributed by atoms with Crippen LogP contribution < -0.4 is 9.88 Å². The minimum absolute atomic E-state index is 0.156. The Morgan fingerprint density at radius 1 is 1.50 bits per heavy atom. The van der Waals surface area contributed by atoms with Crippen molar-refractivity contribution in [1.82, 2.24) is 4.98 Å². The molecule has 1 aromatic heterocycles. The van der Waals surface area contributed by atoms with Gasteiger partial charge in [0.25, 0.3) is 10.0 Å². The number of carbonyl (C=O) groups is 1. The number of fused-ring (bicyclic) bond motifs is 1. The Hall–Kier alpha value is -1.51. The first kappa shape index (κ1) is 12.9. The predicted octanol–water partition coefficient (Wildman–Crippen LogP) is 1.26. The molecule has 0 amide bonds. The van der Waals surface area contributed by atoms with Crippen LogP contribution in [-0.4, -0.2) is 19.4 Å². The highest BCUT2D eigenvalue weighted by atomic mass is 32.2. The van der Waals surface area contributed by atoms with Crippen LogP contribution in [0.3, 0.4) is 0 Å². The fourth-order valence-corrected chi connectivity index (χ4v) is 2.91. The van der Waals surface area contributed by atoms with Gasteiger partial charge in [0.15, 0.2) is 0 Å². The lowest BCUT2D eigenvalue weighted by Gasteiger charge is -2.01. The molecule has 0 spiro atoms. The highest BCUT2D eigenvalue weighted by Gasteiger charge is 2.15. The monoisotopic (exact) mass is 286 g/mol. The number of benzene rings is 1. The van der Waals surface area contributed by atoms with E-state index >= 15 is 0 Å². The summed E-state index contributed by atoms with van der Waals surface area (Å²) in [6.07, 6.45) is 0.261. The maximum Gasteiger partial charge on any atom is 0.310 e. The van der Waals surface area contributed by atoms with E-state index in [1.807, 2.05) is 0 Å². The highest BCUT2D eigenvalue weighted by molar-refractivity contribution is 7.91. The smallest absolute Gasteiger partial charge is 0.310 e. The van der Waals surface area contributed by atoms with Gasteiger partial charge in [-0.15, -0.1) is 11.3 Å². The van der Waals surface area contributed by atoms with Gasteiger partial charge in [0.05, 0.1) is 10.2 Å². The fraction of sp³-hybridized carbons (Fsp3) is 0.200. The number of primary sulfonamides is 1. The van der Waals surface area contributed by atoms with Crippen LogP contribution in [0.25, 0.3) is 10.2 Å². The zero-order valence-electron chi connectivity index (χ0n) is 9.41. The van der Waals surface area contributed by atoms with Crippen molar-refractivity contribution in [3.8, 4) is 5.75 Å². The molecule has 0 aliphatic rings. The van der Waals surface area contributed by atoms with Gasteiger partial charge in [0.1, 0.15) is 5.75 Å². The molecule has 0 aliphatic carbocycles. The van der Waals surface area contributed by atoms with Gasteiger partial charge in [-0.05, 0) is 12.1 Å². The Bertz CT molecular complexity index is 706. The molecule has 0 fully saturated rings. The summed E-state index contributed by atoms with van der Waals surface area (Å²) in [5.41, 5.74) is 0.436. The Labute approximate surface area is 107 Å². The van der Waals surface area contributed by atoms with Gasteiger partial charge in [-0.2, -0.15) is 0 Å². The number of esters is 1. The molecule has 0 radical (unpaired) electrons. The molecular formula is C10H10N2O4S2. The molecule has 1 aromatic carbocycles. The summed E-state index contributed by atoms with van der Waals surface area (Å²) in [5.74, 6) is -0.0307. The van der Waals surface area contributed by atoms with Crippen LogP contribution in [0.15, 0.2) is 22.5 Å². The second-order valence-electron chi connectivity index (χ2n) is 3.48. The van der Waals surface area contributed by atoms with Crippen LogP contribution in [0, 0.1) is 0 Å². The average Bonchev–Trinajstić information content (AvgIpc) is 2.71. The molecule has 8 heteroatoms. The van der Waals surface area contributed by atoms with E-state index in [0.717, 1.165) is 11.3 Å². The van der Waals surface area contributed by atoms with Crippen molar-refractivity contribution >= 4 is 37.5 Å². The van der Waals surface area contributed by atoms with E-state index in [1.165, 1.54) is 6.07 Å². The van der Waals surface area contributed by atoms with Crippen molar-refractivity contribution in [2.75, 3.05) is 0 Å². The molecule has 96 valence electrons. The zero-order valence-corrected chi connectivity index (χ0v) is 11.0. The Kier molecular flexibility index (Phi) is 3.33. The van der Waals surface area contributed by atoms with E-state index in [9.17, 15) is 13.2 Å². The van der Waals surface area contributed by atoms with Crippen molar-refractivity contribution in [3.05, 3.63) is 18.2 Å². The van der Waals surface area contributed by atoms with Gasteiger partial charge in [0.2, 0.25) is 4.34 Å². The quantitative estimate of drug-likeness (QED) is 0.676. The SMILES string of the molecule is CCC(=O)Oc1ccc2sc(S(N)(=O)=O)nc2c1. The number of nitrogens with two attached hydrogens (primary N) is 1. The molecule has 2 N–H and O–H groups in total. The maximum absolute atomic E-state index is 11.2. The van der Waals surface area contributed by atoms with Gasteiger partial charge >= 0.3 is 5.97 Å². The number of thiazole rings is 1. The lowest BCUT2D eigenvalue weighted by molar-refractivity contribution is -0.134. The molecule has 0 saturated carbocycles. The van der Waals surface area contributed by atoms with Crippen LogP contribution in [0.4, 0.5) is 0 Å². The average molecular weight is 286 g/mol. The number of ether oxygens (including phenoxy) is 1. The molecule has 0 atom stereocenters. The molecule has 0 saturated heterocycles. The second-order valence-corrected chi connectivity index (χ2v) is 6.25. The molecule has 1 heterocycles. The second kappa shape index (κ2) is 4.63. The first-order valence-corrected chi connectivity index (χ1v) is 7.40. The Morgan fingerprint density at radius 3 is 2.83 bits per heavy atom. The van der Waals surface area contributed by atoms with Gasteiger partial charge in [0, 0.05) is 12.5 Å². The molecule has 2 rings (SSSR count). The number of carbonyl (C=O) groups excluding carboxylic acids is 1. The van der Waals surface area contributed by atoms with Crippen molar-refractivity contribution in [1.29, 1.82) is 0 Å². The number of sulfonamides is 1. The van der Waals surface area contributed by atoms with Crippen LogP contribution in [0.2, 0.25) is 0 Å². The highest BCUT2D eigenvalue weighted by Crippen LogP contribution is 2.27. The van der Waals surface area contributed by atoms with Crippen LogP contribution in [0.1, 0.15) is 13.3 Å². The molecular weight excluding hydrogens is 276 g/mol. The summed E-state index contributed by atoms with van der Waals surface area (Å²) in [4.78, 5) is 15.0. The topological polar surface area (TPSA) is 99.4 Å². The Morgan fingerprint density at radius 2 is 2.22 bits per heavy atom. The predicted molar refractivity (Wildman–Crippen MR) is 66.9 cm³/mol. The van der Waals surface area contributed by atoms with Crippen molar-refractivity contribution < 1.29 is 17.9 Å². The van der Waals surface area contributed by atoms with E-state index < -0.39 is 10.0 Å². The standard InChI is InChI=1S/C10H10N2O4S2/c1-2-9(13)16-6-3-4-8-7(5-6)12-10(17-8)18(11,14)15/h3-5H,2H2,1H3,(H2,11,14,15). The summed E-state index contributed by atoms with van der Waals surface area (Å²) in [7, 11) is -3.81. The van der Waals surface area contributed by atoms with E-state index in [0.29, 0.717) is 16.0 Å². The summed E-state index contributed by atoms with van der Waals surface area (Å²) < 4.78 is 27.8. The molecule has 18 heavy (non-hydrogen) atoms. The summed E-state index contributed by atoms with van der Waals surface area (Å²) in [6, 6.07) is 4.73. The van der Waals surface area contributed by atoms with E-state index in [-0.39, 0.29) is 16.7 Å².